The van der Waals surface area contributed by atoms with Gasteiger partial charge in [-0.1, -0.05) is 11.6 Å². The van der Waals surface area contributed by atoms with Gasteiger partial charge in [-0.3, -0.25) is 9.93 Å². The Balaban J connectivity index is 1.72. The normalized spacial score (nSPS) is 12.6. The maximum atomic E-state index is 11.7. The van der Waals surface area contributed by atoms with E-state index in [4.69, 9.17) is 16.7 Å². The molecule has 0 atom stereocenters. The van der Waals surface area contributed by atoms with Crippen molar-refractivity contribution in [3.8, 4) is 0 Å². The van der Waals surface area contributed by atoms with E-state index in [1.54, 1.807) is 6.07 Å². The molecule has 0 aromatic heterocycles. The number of amides is 1. The minimum Gasteiger partial charge on any atom is -0.356 e. The summed E-state index contributed by atoms with van der Waals surface area (Å²) in [6.45, 7) is 0.312. The summed E-state index contributed by atoms with van der Waals surface area (Å²) in [7, 11) is 0. The van der Waals surface area contributed by atoms with Crippen LogP contribution in [0.15, 0.2) is 26.9 Å². The first-order chi connectivity index (χ1) is 12.5. The van der Waals surface area contributed by atoms with E-state index >= 15 is 0 Å². The minimum atomic E-state index is -0.848. The first-order valence-corrected chi connectivity index (χ1v) is 9.81. The molecule has 0 spiro atoms. The standard InChI is InChI=1S/C14H18ClN5O4S2/c15-9-7-10-12(8-11(9)25-16)26-19-13(18-10)3-1-4-14(21)17-5-2-6-24-20(22)23/h7-8H,1-6,16H2,(H,17,21)(H,18,19). The third-order valence-electron chi connectivity index (χ3n) is 3.33. The van der Waals surface area contributed by atoms with E-state index in [1.165, 1.54) is 11.9 Å². The molecule has 1 aromatic carbocycles. The smallest absolute Gasteiger partial charge is 0.294 e. The van der Waals surface area contributed by atoms with Crippen LogP contribution in [-0.4, -0.2) is 30.0 Å². The van der Waals surface area contributed by atoms with Gasteiger partial charge in [0, 0.05) is 24.3 Å². The molecule has 0 saturated heterocycles. The number of fused-ring (bicyclic) bond motifs is 1. The fourth-order valence-corrected chi connectivity index (χ4v) is 3.60. The molecule has 9 nitrogen and oxygen atoms in total. The third kappa shape index (κ3) is 6.56. The number of nitrogens with two attached hydrogens (primary N) is 1. The van der Waals surface area contributed by atoms with Crippen LogP contribution >= 0.6 is 35.5 Å². The van der Waals surface area contributed by atoms with E-state index in [0.717, 1.165) is 33.3 Å². The number of amidine groups is 1. The van der Waals surface area contributed by atoms with Gasteiger partial charge in [-0.25, -0.2) is 4.99 Å². The predicted octanol–water partition coefficient (Wildman–Crippen LogP) is 2.83. The van der Waals surface area contributed by atoms with Gasteiger partial charge in [-0.05, 0) is 48.9 Å². The van der Waals surface area contributed by atoms with E-state index in [2.05, 4.69) is 19.9 Å². The highest BCUT2D eigenvalue weighted by Gasteiger charge is 2.15. The molecule has 0 fully saturated rings. The zero-order valence-electron chi connectivity index (χ0n) is 13.7. The first kappa shape index (κ1) is 20.6. The van der Waals surface area contributed by atoms with Crippen LogP contribution in [0.5, 0.6) is 0 Å². The van der Waals surface area contributed by atoms with Crippen LogP contribution in [-0.2, 0) is 9.63 Å². The number of benzene rings is 1. The third-order valence-corrected chi connectivity index (χ3v) is 5.23. The highest BCUT2D eigenvalue weighted by Crippen LogP contribution is 2.38. The Morgan fingerprint density at radius 2 is 2.31 bits per heavy atom. The van der Waals surface area contributed by atoms with Crippen molar-refractivity contribution in [1.29, 1.82) is 0 Å². The molecule has 1 aromatic rings. The Hall–Kier alpha value is -1.69. The quantitative estimate of drug-likeness (QED) is 0.228. The van der Waals surface area contributed by atoms with Crippen LogP contribution in [0.1, 0.15) is 25.7 Å². The number of carbonyl (C=O) groups is 1. The maximum Gasteiger partial charge on any atom is 0.294 e. The average molecular weight is 420 g/mol. The van der Waals surface area contributed by atoms with E-state index in [0.29, 0.717) is 37.3 Å². The SMILES string of the molecule is NSc1cc2c(cc1Cl)N=C(CCCC(=O)NCCCO[N+](=O)[O-])NS2. The van der Waals surface area contributed by atoms with E-state index in [-0.39, 0.29) is 12.5 Å². The van der Waals surface area contributed by atoms with Crippen molar-refractivity contribution < 1.29 is 14.7 Å². The van der Waals surface area contributed by atoms with Gasteiger partial charge in [0.2, 0.25) is 5.91 Å². The Morgan fingerprint density at radius 3 is 3.04 bits per heavy atom. The summed E-state index contributed by atoms with van der Waals surface area (Å²) in [6, 6.07) is 3.66. The lowest BCUT2D eigenvalue weighted by molar-refractivity contribution is -0.757. The fourth-order valence-electron chi connectivity index (χ4n) is 2.12. The lowest BCUT2D eigenvalue weighted by Crippen LogP contribution is -2.26. The number of rotatable bonds is 10. The van der Waals surface area contributed by atoms with Crippen molar-refractivity contribution >= 4 is 52.9 Å². The Kier molecular flexibility index (Phi) is 8.29. The molecule has 1 amide bonds. The summed E-state index contributed by atoms with van der Waals surface area (Å²) in [5.74, 6) is 0.669. The largest absolute Gasteiger partial charge is 0.356 e. The number of hydrogen-bond acceptors (Lipinski definition) is 9. The van der Waals surface area contributed by atoms with Crippen LogP contribution in [0.3, 0.4) is 0 Å². The molecule has 4 N–H and O–H groups in total. The summed E-state index contributed by atoms with van der Waals surface area (Å²) in [5.41, 5.74) is 0.779. The van der Waals surface area contributed by atoms with Crippen molar-refractivity contribution in [2.45, 2.75) is 35.5 Å². The molecule has 142 valence electrons. The van der Waals surface area contributed by atoms with E-state index in [9.17, 15) is 14.9 Å². The Morgan fingerprint density at radius 1 is 1.50 bits per heavy atom. The highest BCUT2D eigenvalue weighted by atomic mass is 35.5. The van der Waals surface area contributed by atoms with Crippen molar-refractivity contribution in [3.05, 3.63) is 27.3 Å². The molecule has 0 aliphatic carbocycles. The minimum absolute atomic E-state index is 0.0302. The molecular formula is C14H18ClN5O4S2. The van der Waals surface area contributed by atoms with Crippen LogP contribution < -0.4 is 15.2 Å². The van der Waals surface area contributed by atoms with Crippen LogP contribution in [0.25, 0.3) is 0 Å². The van der Waals surface area contributed by atoms with Crippen molar-refractivity contribution in [2.75, 3.05) is 13.2 Å². The molecule has 0 unspecified atom stereocenters. The van der Waals surface area contributed by atoms with Gasteiger partial charge in [-0.2, -0.15) is 0 Å². The fraction of sp³-hybridized carbons (Fsp3) is 0.429. The van der Waals surface area contributed by atoms with Gasteiger partial charge in [0.1, 0.15) is 5.84 Å². The number of aliphatic imine (C=N–C) groups is 1. The van der Waals surface area contributed by atoms with Gasteiger partial charge in [-0.15, -0.1) is 10.1 Å². The number of nitrogens with zero attached hydrogens (tertiary/aromatic N) is 2. The number of hydrogen-bond donors (Lipinski definition) is 3. The number of halogens is 1. The first-order valence-electron chi connectivity index (χ1n) is 7.74. The molecule has 1 aliphatic heterocycles. The number of nitrogens with one attached hydrogen (secondary N) is 2. The Labute approximate surface area is 163 Å². The molecular weight excluding hydrogens is 402 g/mol. The lowest BCUT2D eigenvalue weighted by Gasteiger charge is -2.17. The van der Waals surface area contributed by atoms with E-state index in [1.807, 2.05) is 6.07 Å². The lowest BCUT2D eigenvalue weighted by atomic mass is 10.2. The maximum absolute atomic E-state index is 11.7. The zero-order chi connectivity index (χ0) is 18.9. The monoisotopic (exact) mass is 419 g/mol. The summed E-state index contributed by atoms with van der Waals surface area (Å²) in [4.78, 5) is 32.1. The molecule has 2 rings (SSSR count). The second-order valence-electron chi connectivity index (χ2n) is 5.24. The molecule has 1 aliphatic rings. The molecule has 0 radical (unpaired) electrons. The topological polar surface area (TPSA) is 132 Å². The summed E-state index contributed by atoms with van der Waals surface area (Å²) >= 11 is 8.67. The van der Waals surface area contributed by atoms with Crippen LogP contribution in [0, 0.1) is 10.1 Å². The second kappa shape index (κ2) is 10.5. The molecule has 26 heavy (non-hydrogen) atoms. The zero-order valence-corrected chi connectivity index (χ0v) is 16.1. The van der Waals surface area contributed by atoms with Gasteiger partial charge in [0.15, 0.2) is 0 Å². The van der Waals surface area contributed by atoms with Crippen LogP contribution in [0.2, 0.25) is 5.02 Å². The highest BCUT2D eigenvalue weighted by molar-refractivity contribution is 7.98. The van der Waals surface area contributed by atoms with Gasteiger partial charge in [0.25, 0.3) is 5.09 Å². The molecule has 12 heteroatoms. The second-order valence-corrected chi connectivity index (χ2v) is 7.18. The Bertz CT molecular complexity index is 704. The number of carbonyl (C=O) groups excluding carboxylic acids is 1. The van der Waals surface area contributed by atoms with Gasteiger partial charge in [0.05, 0.1) is 22.2 Å². The summed E-state index contributed by atoms with van der Waals surface area (Å²) in [5, 5.41) is 17.9. The molecule has 0 bridgehead atoms. The van der Waals surface area contributed by atoms with Crippen molar-refractivity contribution in [3.63, 3.8) is 0 Å². The molecule has 1 heterocycles. The molecule has 0 saturated carbocycles. The summed E-state index contributed by atoms with van der Waals surface area (Å²) in [6.07, 6.45) is 1.98. The van der Waals surface area contributed by atoms with Gasteiger partial charge >= 0.3 is 0 Å². The van der Waals surface area contributed by atoms with E-state index < -0.39 is 5.09 Å². The average Bonchev–Trinajstić information content (AvgIpc) is 2.60. The van der Waals surface area contributed by atoms with Gasteiger partial charge < -0.3 is 14.9 Å². The van der Waals surface area contributed by atoms with Crippen molar-refractivity contribution in [2.24, 2.45) is 10.1 Å². The summed E-state index contributed by atoms with van der Waals surface area (Å²) < 4.78 is 3.15. The van der Waals surface area contributed by atoms with Crippen LogP contribution in [0.4, 0.5) is 5.69 Å². The van der Waals surface area contributed by atoms with Crippen molar-refractivity contribution in [1.82, 2.24) is 10.0 Å². The predicted molar refractivity (Wildman–Crippen MR) is 102 cm³/mol.